The summed E-state index contributed by atoms with van der Waals surface area (Å²) in [4.78, 5) is 36.9. The molecule has 1 unspecified atom stereocenters. The van der Waals surface area contributed by atoms with Gasteiger partial charge in [-0.3, -0.25) is 10.1 Å². The number of ether oxygens (including phenoxy) is 2. The average Bonchev–Trinajstić information content (AvgIpc) is 2.66. The van der Waals surface area contributed by atoms with Crippen molar-refractivity contribution in [1.82, 2.24) is 5.32 Å². The molecule has 30 heavy (non-hydrogen) atoms. The van der Waals surface area contributed by atoms with Gasteiger partial charge in [0.15, 0.2) is 0 Å². The van der Waals surface area contributed by atoms with Gasteiger partial charge in [0.25, 0.3) is 5.69 Å². The van der Waals surface area contributed by atoms with E-state index in [4.69, 9.17) is 9.47 Å². The number of rotatable bonds is 7. The van der Waals surface area contributed by atoms with Crippen LogP contribution in [0, 0.1) is 16.0 Å². The Morgan fingerprint density at radius 1 is 1.33 bits per heavy atom. The zero-order valence-electron chi connectivity index (χ0n) is 18.1. The van der Waals surface area contributed by atoms with E-state index in [1.807, 2.05) is 25.7 Å². The van der Waals surface area contributed by atoms with Gasteiger partial charge >= 0.3 is 12.1 Å². The van der Waals surface area contributed by atoms with Gasteiger partial charge in [-0.05, 0) is 65.0 Å². The van der Waals surface area contributed by atoms with Crippen LogP contribution >= 0.6 is 0 Å². The number of alkyl carbamates (subject to hydrolysis) is 1. The molecule has 0 bridgehead atoms. The monoisotopic (exact) mass is 421 g/mol. The number of hydrogen-bond acceptors (Lipinski definition) is 7. The molecule has 0 spiro atoms. The summed E-state index contributed by atoms with van der Waals surface area (Å²) in [5, 5.41) is 14.3. The Balaban J connectivity index is 2.04. The van der Waals surface area contributed by atoms with Crippen LogP contribution in [0.4, 0.5) is 16.2 Å². The molecule has 1 aromatic carbocycles. The van der Waals surface area contributed by atoms with Crippen LogP contribution in [0.25, 0.3) is 0 Å². The molecule has 2 rings (SSSR count). The van der Waals surface area contributed by atoms with Crippen LogP contribution in [0.2, 0.25) is 0 Å². The van der Waals surface area contributed by atoms with Gasteiger partial charge in [-0.15, -0.1) is 0 Å². The lowest BCUT2D eigenvalue weighted by Crippen LogP contribution is -2.38. The van der Waals surface area contributed by atoms with E-state index >= 15 is 0 Å². The van der Waals surface area contributed by atoms with Crippen molar-refractivity contribution >= 4 is 23.4 Å². The number of amides is 1. The Hall–Kier alpha value is -2.84. The van der Waals surface area contributed by atoms with Crippen molar-refractivity contribution < 1.29 is 24.0 Å². The maximum atomic E-state index is 12.1. The molecule has 1 heterocycles. The van der Waals surface area contributed by atoms with Crippen molar-refractivity contribution in [2.45, 2.75) is 52.6 Å². The largest absolute Gasteiger partial charge is 0.462 e. The van der Waals surface area contributed by atoms with Crippen LogP contribution in [0.3, 0.4) is 0 Å². The van der Waals surface area contributed by atoms with E-state index in [0.717, 1.165) is 19.3 Å². The first-order chi connectivity index (χ1) is 14.1. The van der Waals surface area contributed by atoms with Crippen LogP contribution in [0.5, 0.6) is 0 Å². The van der Waals surface area contributed by atoms with Gasteiger partial charge in [0.1, 0.15) is 11.3 Å². The second-order valence-electron chi connectivity index (χ2n) is 8.35. The number of benzene rings is 1. The van der Waals surface area contributed by atoms with Crippen LogP contribution in [0.1, 0.15) is 57.3 Å². The van der Waals surface area contributed by atoms with Crippen LogP contribution < -0.4 is 10.2 Å². The lowest BCUT2D eigenvalue weighted by atomic mass is 9.94. The summed E-state index contributed by atoms with van der Waals surface area (Å²) >= 11 is 0. The maximum absolute atomic E-state index is 12.1. The quantitative estimate of drug-likeness (QED) is 0.404. The number of esters is 1. The first-order valence-electron chi connectivity index (χ1n) is 10.3. The van der Waals surface area contributed by atoms with E-state index in [2.05, 4.69) is 5.32 Å². The molecule has 9 heteroatoms. The zero-order valence-corrected chi connectivity index (χ0v) is 18.1. The number of nitro benzene ring substituents is 1. The molecule has 0 radical (unpaired) electrons. The predicted octanol–water partition coefficient (Wildman–Crippen LogP) is 3.90. The van der Waals surface area contributed by atoms with Crippen LogP contribution in [0.15, 0.2) is 18.2 Å². The first kappa shape index (κ1) is 23.4. The molecular weight excluding hydrogens is 390 g/mol. The van der Waals surface area contributed by atoms with Gasteiger partial charge in [-0.2, -0.15) is 0 Å². The fourth-order valence-corrected chi connectivity index (χ4v) is 3.48. The minimum Gasteiger partial charge on any atom is -0.462 e. The fourth-order valence-electron chi connectivity index (χ4n) is 3.48. The Bertz CT molecular complexity index is 774. The van der Waals surface area contributed by atoms with E-state index in [9.17, 15) is 19.7 Å². The second-order valence-corrected chi connectivity index (χ2v) is 8.35. The minimum atomic E-state index is -0.547. The number of carbonyl (C=O) groups excluding carboxylic acids is 2. The molecule has 1 aliphatic rings. The topological polar surface area (TPSA) is 111 Å². The van der Waals surface area contributed by atoms with Crippen molar-refractivity contribution in [3.63, 3.8) is 0 Å². The highest BCUT2D eigenvalue weighted by atomic mass is 16.6. The van der Waals surface area contributed by atoms with E-state index in [0.29, 0.717) is 30.9 Å². The van der Waals surface area contributed by atoms with Gasteiger partial charge in [0, 0.05) is 25.7 Å². The van der Waals surface area contributed by atoms with Crippen molar-refractivity contribution in [3.05, 3.63) is 33.9 Å². The van der Waals surface area contributed by atoms with Gasteiger partial charge in [0.05, 0.1) is 17.1 Å². The molecule has 1 N–H and O–H groups in total. The number of carbonyl (C=O) groups is 2. The van der Waals surface area contributed by atoms with Gasteiger partial charge in [-0.25, -0.2) is 9.59 Å². The molecule has 0 saturated carbocycles. The van der Waals surface area contributed by atoms with E-state index in [1.54, 1.807) is 6.92 Å². The highest BCUT2D eigenvalue weighted by molar-refractivity contribution is 5.91. The fraction of sp³-hybridized carbons (Fsp3) is 0.619. The van der Waals surface area contributed by atoms with Gasteiger partial charge in [-0.1, -0.05) is 0 Å². The molecule has 0 aromatic heterocycles. The molecule has 1 amide bonds. The number of nitrogens with one attached hydrogen (secondary N) is 1. The third-order valence-corrected chi connectivity index (χ3v) is 4.76. The summed E-state index contributed by atoms with van der Waals surface area (Å²) < 4.78 is 10.3. The number of nitro groups is 1. The maximum Gasteiger partial charge on any atom is 0.407 e. The lowest BCUT2D eigenvalue weighted by Gasteiger charge is -2.34. The van der Waals surface area contributed by atoms with Crippen LogP contribution in [-0.4, -0.2) is 48.8 Å². The van der Waals surface area contributed by atoms with Crippen molar-refractivity contribution in [2.75, 3.05) is 31.1 Å². The Morgan fingerprint density at radius 2 is 2.07 bits per heavy atom. The summed E-state index contributed by atoms with van der Waals surface area (Å²) in [6, 6.07) is 4.32. The smallest absolute Gasteiger partial charge is 0.407 e. The van der Waals surface area contributed by atoms with Crippen molar-refractivity contribution in [1.29, 1.82) is 0 Å². The Kier molecular flexibility index (Phi) is 8.02. The zero-order chi connectivity index (χ0) is 22.3. The number of nitrogens with zero attached hydrogens (tertiary/aromatic N) is 2. The molecule has 1 atom stereocenters. The van der Waals surface area contributed by atoms with E-state index in [1.165, 1.54) is 18.2 Å². The normalized spacial score (nSPS) is 16.7. The lowest BCUT2D eigenvalue weighted by molar-refractivity contribution is -0.384. The summed E-state index contributed by atoms with van der Waals surface area (Å²) in [7, 11) is 0. The van der Waals surface area contributed by atoms with Gasteiger partial charge < -0.3 is 19.7 Å². The summed E-state index contributed by atoms with van der Waals surface area (Å²) in [6.45, 7) is 9.13. The standard InChI is InChI=1S/C21H31N3O6/c1-5-29-19(25)16-8-9-17(24(27)28)18(13-16)23-12-6-7-15(14-23)10-11-22-20(26)30-21(2,3)4/h8-9,13,15H,5-7,10-12,14H2,1-4H3,(H,22,26). The minimum absolute atomic E-state index is 0.0319. The Morgan fingerprint density at radius 3 is 2.70 bits per heavy atom. The average molecular weight is 421 g/mol. The predicted molar refractivity (Wildman–Crippen MR) is 113 cm³/mol. The molecule has 166 valence electrons. The first-order valence-corrected chi connectivity index (χ1v) is 10.3. The van der Waals surface area contributed by atoms with E-state index < -0.39 is 22.6 Å². The number of hydrogen-bond donors (Lipinski definition) is 1. The molecule has 9 nitrogen and oxygen atoms in total. The number of anilines is 1. The summed E-state index contributed by atoms with van der Waals surface area (Å²) in [5.74, 6) is -0.233. The summed E-state index contributed by atoms with van der Waals surface area (Å²) in [5.41, 5.74) is 0.145. The molecule has 1 aromatic rings. The van der Waals surface area contributed by atoms with Gasteiger partial charge in [0.2, 0.25) is 0 Å². The molecule has 1 saturated heterocycles. The third-order valence-electron chi connectivity index (χ3n) is 4.76. The number of piperidine rings is 1. The molecule has 1 fully saturated rings. The SMILES string of the molecule is CCOC(=O)c1ccc([N+](=O)[O-])c(N2CCCC(CCNC(=O)OC(C)(C)C)C2)c1. The van der Waals surface area contributed by atoms with Crippen LogP contribution in [-0.2, 0) is 9.47 Å². The van der Waals surface area contributed by atoms with Crippen molar-refractivity contribution in [2.24, 2.45) is 5.92 Å². The Labute approximate surface area is 176 Å². The molecule has 1 aliphatic heterocycles. The summed E-state index contributed by atoms with van der Waals surface area (Å²) in [6.07, 6.45) is 2.13. The molecule has 0 aliphatic carbocycles. The van der Waals surface area contributed by atoms with E-state index in [-0.39, 0.29) is 18.2 Å². The third kappa shape index (κ3) is 6.89. The highest BCUT2D eigenvalue weighted by Gasteiger charge is 2.27. The highest BCUT2D eigenvalue weighted by Crippen LogP contribution is 2.33. The molecular formula is C21H31N3O6. The van der Waals surface area contributed by atoms with Crippen molar-refractivity contribution in [3.8, 4) is 0 Å². The second kappa shape index (κ2) is 10.3.